The SMILES string of the molecule is C#Cc1cccc(Nc2ncnc3cnc(NC4CCC(=O)CC4)nc23)c1. The number of anilines is 3. The largest absolute Gasteiger partial charge is 0.351 e. The number of benzene rings is 1. The molecule has 4 rings (SSSR count). The number of carbonyl (C=O) groups is 1. The molecule has 1 aliphatic rings. The zero-order valence-corrected chi connectivity index (χ0v) is 14.6. The minimum atomic E-state index is 0.202. The number of terminal acetylenes is 1. The quantitative estimate of drug-likeness (QED) is 0.692. The summed E-state index contributed by atoms with van der Waals surface area (Å²) < 4.78 is 0. The highest BCUT2D eigenvalue weighted by atomic mass is 16.1. The van der Waals surface area contributed by atoms with Crippen LogP contribution in [0.5, 0.6) is 0 Å². The first-order valence-corrected chi connectivity index (χ1v) is 8.81. The molecule has 7 nitrogen and oxygen atoms in total. The van der Waals surface area contributed by atoms with Crippen LogP contribution in [-0.2, 0) is 4.79 Å². The van der Waals surface area contributed by atoms with Crippen molar-refractivity contribution in [1.29, 1.82) is 0 Å². The topological polar surface area (TPSA) is 92.7 Å². The summed E-state index contributed by atoms with van der Waals surface area (Å²) in [6.07, 6.45) is 11.4. The molecular weight excluding hydrogens is 340 g/mol. The first-order valence-electron chi connectivity index (χ1n) is 8.81. The molecule has 0 saturated heterocycles. The molecule has 0 unspecified atom stereocenters. The van der Waals surface area contributed by atoms with Crippen molar-refractivity contribution < 1.29 is 4.79 Å². The third-order valence-electron chi connectivity index (χ3n) is 4.55. The molecule has 0 atom stereocenters. The lowest BCUT2D eigenvalue weighted by Crippen LogP contribution is -2.26. The average Bonchev–Trinajstić information content (AvgIpc) is 2.70. The van der Waals surface area contributed by atoms with E-state index < -0.39 is 0 Å². The van der Waals surface area contributed by atoms with Crippen molar-refractivity contribution in [3.05, 3.63) is 42.4 Å². The first kappa shape index (κ1) is 16.9. The Balaban J connectivity index is 1.61. The van der Waals surface area contributed by atoms with Gasteiger partial charge in [-0.1, -0.05) is 12.0 Å². The zero-order chi connectivity index (χ0) is 18.6. The van der Waals surface area contributed by atoms with Crippen molar-refractivity contribution in [2.45, 2.75) is 31.7 Å². The molecule has 2 N–H and O–H groups in total. The molecule has 1 aliphatic carbocycles. The molecule has 2 heterocycles. The zero-order valence-electron chi connectivity index (χ0n) is 14.6. The van der Waals surface area contributed by atoms with Crippen LogP contribution in [0.1, 0.15) is 31.2 Å². The van der Waals surface area contributed by atoms with Crippen molar-refractivity contribution in [3.8, 4) is 12.3 Å². The van der Waals surface area contributed by atoms with E-state index in [9.17, 15) is 4.79 Å². The first-order chi connectivity index (χ1) is 13.2. The molecule has 0 spiro atoms. The van der Waals surface area contributed by atoms with Gasteiger partial charge in [-0.3, -0.25) is 4.79 Å². The maximum absolute atomic E-state index is 11.4. The van der Waals surface area contributed by atoms with Gasteiger partial charge in [0.2, 0.25) is 5.95 Å². The van der Waals surface area contributed by atoms with Gasteiger partial charge in [-0.25, -0.2) is 19.9 Å². The summed E-state index contributed by atoms with van der Waals surface area (Å²) in [4.78, 5) is 28.9. The van der Waals surface area contributed by atoms with Gasteiger partial charge in [-0.05, 0) is 31.0 Å². The Morgan fingerprint density at radius 1 is 1.15 bits per heavy atom. The lowest BCUT2D eigenvalue weighted by molar-refractivity contribution is -0.120. The molecule has 3 aromatic rings. The minimum Gasteiger partial charge on any atom is -0.351 e. The Morgan fingerprint density at radius 2 is 2.00 bits per heavy atom. The monoisotopic (exact) mass is 358 g/mol. The molecule has 1 aromatic carbocycles. The van der Waals surface area contributed by atoms with E-state index in [1.165, 1.54) is 6.33 Å². The highest BCUT2D eigenvalue weighted by Gasteiger charge is 2.19. The summed E-state index contributed by atoms with van der Waals surface area (Å²) in [5.74, 6) is 4.03. The van der Waals surface area contributed by atoms with Crippen molar-refractivity contribution in [1.82, 2.24) is 19.9 Å². The third kappa shape index (κ3) is 3.85. The van der Waals surface area contributed by atoms with Crippen LogP contribution in [0.15, 0.2) is 36.8 Å². The molecule has 2 aromatic heterocycles. The van der Waals surface area contributed by atoms with Crippen molar-refractivity contribution >= 4 is 34.3 Å². The van der Waals surface area contributed by atoms with E-state index in [4.69, 9.17) is 6.42 Å². The van der Waals surface area contributed by atoms with Crippen LogP contribution in [0.25, 0.3) is 11.0 Å². The number of hydrogen-bond acceptors (Lipinski definition) is 7. The summed E-state index contributed by atoms with van der Waals surface area (Å²) in [5.41, 5.74) is 2.87. The van der Waals surface area contributed by atoms with Gasteiger partial charge in [0.1, 0.15) is 23.1 Å². The Morgan fingerprint density at radius 3 is 2.81 bits per heavy atom. The Bertz CT molecular complexity index is 1030. The van der Waals surface area contributed by atoms with Crippen LogP contribution in [0.3, 0.4) is 0 Å². The van der Waals surface area contributed by atoms with Crippen molar-refractivity contribution in [3.63, 3.8) is 0 Å². The van der Waals surface area contributed by atoms with E-state index >= 15 is 0 Å². The van der Waals surface area contributed by atoms with Gasteiger partial charge in [0.05, 0.1) is 6.20 Å². The fraction of sp³-hybridized carbons (Fsp3) is 0.250. The standard InChI is InChI=1S/C20H18N6O/c1-2-13-4-3-5-15(10-13)24-19-18-17(22-12-23-19)11-21-20(26-18)25-14-6-8-16(27)9-7-14/h1,3-5,10-12,14H,6-9H2,(H,21,25,26)(H,22,23,24). The van der Waals surface area contributed by atoms with E-state index in [0.717, 1.165) is 24.1 Å². The number of hydrogen-bond donors (Lipinski definition) is 2. The second-order valence-corrected chi connectivity index (χ2v) is 6.46. The molecule has 0 aliphatic heterocycles. The van der Waals surface area contributed by atoms with E-state index in [2.05, 4.69) is 36.5 Å². The Kier molecular flexibility index (Phi) is 4.62. The second kappa shape index (κ2) is 7.38. The number of nitrogens with one attached hydrogen (secondary N) is 2. The number of rotatable bonds is 4. The number of carbonyl (C=O) groups excluding carboxylic acids is 1. The molecule has 134 valence electrons. The predicted molar refractivity (Wildman–Crippen MR) is 104 cm³/mol. The lowest BCUT2D eigenvalue weighted by Gasteiger charge is -2.22. The Hall–Kier alpha value is -3.53. The fourth-order valence-electron chi connectivity index (χ4n) is 3.11. The van der Waals surface area contributed by atoms with Gasteiger partial charge in [0.15, 0.2) is 5.82 Å². The molecule has 0 bridgehead atoms. The van der Waals surface area contributed by atoms with E-state index in [-0.39, 0.29) is 6.04 Å². The van der Waals surface area contributed by atoms with E-state index in [1.807, 2.05) is 24.3 Å². The van der Waals surface area contributed by atoms with E-state index in [0.29, 0.717) is 41.4 Å². The van der Waals surface area contributed by atoms with Crippen LogP contribution < -0.4 is 10.6 Å². The molecule has 1 saturated carbocycles. The maximum Gasteiger partial charge on any atom is 0.223 e. The van der Waals surface area contributed by atoms with Gasteiger partial charge in [-0.15, -0.1) is 6.42 Å². The van der Waals surface area contributed by atoms with Crippen LogP contribution >= 0.6 is 0 Å². The highest BCUT2D eigenvalue weighted by Crippen LogP contribution is 2.24. The number of nitrogens with zero attached hydrogens (tertiary/aromatic N) is 4. The molecule has 0 radical (unpaired) electrons. The predicted octanol–water partition coefficient (Wildman–Crippen LogP) is 3.07. The molecule has 27 heavy (non-hydrogen) atoms. The van der Waals surface area contributed by atoms with Gasteiger partial charge in [0, 0.05) is 30.1 Å². The average molecular weight is 358 g/mol. The summed E-state index contributed by atoms with van der Waals surface area (Å²) in [5, 5.41) is 6.57. The van der Waals surface area contributed by atoms with Gasteiger partial charge >= 0.3 is 0 Å². The fourth-order valence-corrected chi connectivity index (χ4v) is 3.11. The van der Waals surface area contributed by atoms with Gasteiger partial charge < -0.3 is 10.6 Å². The molecule has 1 fully saturated rings. The van der Waals surface area contributed by atoms with E-state index in [1.54, 1.807) is 6.20 Å². The van der Waals surface area contributed by atoms with Crippen molar-refractivity contribution in [2.75, 3.05) is 10.6 Å². The van der Waals surface area contributed by atoms with Crippen LogP contribution in [-0.4, -0.2) is 31.8 Å². The lowest BCUT2D eigenvalue weighted by atomic mass is 9.94. The van der Waals surface area contributed by atoms with Crippen LogP contribution in [0, 0.1) is 12.3 Å². The second-order valence-electron chi connectivity index (χ2n) is 6.46. The summed E-state index contributed by atoms with van der Waals surface area (Å²) >= 11 is 0. The van der Waals surface area contributed by atoms with Gasteiger partial charge in [0.25, 0.3) is 0 Å². The molecule has 7 heteroatoms. The van der Waals surface area contributed by atoms with Crippen LogP contribution in [0.2, 0.25) is 0 Å². The summed E-state index contributed by atoms with van der Waals surface area (Å²) in [6.45, 7) is 0. The van der Waals surface area contributed by atoms with Gasteiger partial charge in [-0.2, -0.15) is 0 Å². The van der Waals surface area contributed by atoms with Crippen molar-refractivity contribution in [2.24, 2.45) is 0 Å². The minimum absolute atomic E-state index is 0.202. The summed E-state index contributed by atoms with van der Waals surface area (Å²) in [6, 6.07) is 7.73. The Labute approximate surface area is 156 Å². The number of ketones is 1. The third-order valence-corrected chi connectivity index (χ3v) is 4.55. The number of fused-ring (bicyclic) bond motifs is 1. The van der Waals surface area contributed by atoms with Crippen LogP contribution in [0.4, 0.5) is 17.5 Å². The molecule has 0 amide bonds. The maximum atomic E-state index is 11.4. The molecular formula is C20H18N6O. The highest BCUT2D eigenvalue weighted by molar-refractivity contribution is 5.87. The summed E-state index contributed by atoms with van der Waals surface area (Å²) in [7, 11) is 0. The normalized spacial score (nSPS) is 14.7. The number of aromatic nitrogens is 4. The number of Topliss-reactive ketones (excluding diaryl/α,β-unsaturated/α-hetero) is 1. The smallest absolute Gasteiger partial charge is 0.223 e.